The summed E-state index contributed by atoms with van der Waals surface area (Å²) >= 11 is 0. The van der Waals surface area contributed by atoms with Gasteiger partial charge in [0, 0.05) is 38.8 Å². The van der Waals surface area contributed by atoms with Crippen LogP contribution in [0, 0.1) is 13.8 Å². The lowest BCUT2D eigenvalue weighted by Crippen LogP contribution is -2.47. The molecule has 2 saturated heterocycles. The number of benzene rings is 1. The normalized spacial score (nSPS) is 22.7. The number of rotatable bonds is 4. The van der Waals surface area contributed by atoms with E-state index < -0.39 is 0 Å². The lowest BCUT2D eigenvalue weighted by Gasteiger charge is -2.37. The van der Waals surface area contributed by atoms with Crippen molar-refractivity contribution in [1.82, 2.24) is 15.1 Å². The Balaban J connectivity index is 1.80. The van der Waals surface area contributed by atoms with E-state index in [1.54, 1.807) is 0 Å². The molecule has 1 N–H and O–H groups in total. The number of hydrogen-bond donors (Lipinski definition) is 1. The predicted molar refractivity (Wildman–Crippen MR) is 98.0 cm³/mol. The smallest absolute Gasteiger partial charge is 0.0475 e. The van der Waals surface area contributed by atoms with E-state index in [9.17, 15) is 0 Å². The number of hydrogen-bond acceptors (Lipinski definition) is 3. The number of likely N-dealkylation sites (tertiary alicyclic amines) is 1. The van der Waals surface area contributed by atoms with Gasteiger partial charge in [-0.2, -0.15) is 0 Å². The van der Waals surface area contributed by atoms with Crippen molar-refractivity contribution in [2.24, 2.45) is 0 Å². The summed E-state index contributed by atoms with van der Waals surface area (Å²) in [4.78, 5) is 5.42. The fourth-order valence-corrected chi connectivity index (χ4v) is 3.95. The third-order valence-electron chi connectivity index (χ3n) is 5.64. The first-order valence-electron chi connectivity index (χ1n) is 9.48. The second-order valence-electron chi connectivity index (χ2n) is 7.36. The van der Waals surface area contributed by atoms with Crippen LogP contribution in [-0.4, -0.2) is 55.6 Å². The Kier molecular flexibility index (Phi) is 6.09. The van der Waals surface area contributed by atoms with Crippen molar-refractivity contribution in [2.45, 2.75) is 45.6 Å². The maximum absolute atomic E-state index is 3.48. The van der Waals surface area contributed by atoms with Crippen molar-refractivity contribution in [1.29, 1.82) is 0 Å². The highest BCUT2D eigenvalue weighted by atomic mass is 15.2. The quantitative estimate of drug-likeness (QED) is 0.921. The molecule has 3 rings (SSSR count). The molecule has 23 heavy (non-hydrogen) atoms. The van der Waals surface area contributed by atoms with E-state index in [0.29, 0.717) is 6.04 Å². The van der Waals surface area contributed by atoms with Crippen molar-refractivity contribution < 1.29 is 0 Å². The molecule has 0 bridgehead atoms. The van der Waals surface area contributed by atoms with Crippen LogP contribution in [0.5, 0.6) is 0 Å². The summed E-state index contributed by atoms with van der Waals surface area (Å²) in [6.07, 6.45) is 5.54. The summed E-state index contributed by atoms with van der Waals surface area (Å²) in [6.45, 7) is 12.8. The number of nitrogens with zero attached hydrogens (tertiary/aromatic N) is 2. The van der Waals surface area contributed by atoms with Crippen LogP contribution in [0.4, 0.5) is 0 Å². The molecule has 2 heterocycles. The van der Waals surface area contributed by atoms with Gasteiger partial charge in [-0.05, 0) is 56.5 Å². The highest BCUT2D eigenvalue weighted by molar-refractivity contribution is 5.32. The highest BCUT2D eigenvalue weighted by Crippen LogP contribution is 2.27. The summed E-state index contributed by atoms with van der Waals surface area (Å²) in [5.74, 6) is 0. The van der Waals surface area contributed by atoms with Gasteiger partial charge < -0.3 is 5.32 Å². The molecule has 0 spiro atoms. The van der Waals surface area contributed by atoms with Crippen molar-refractivity contribution in [3.63, 3.8) is 0 Å². The van der Waals surface area contributed by atoms with Gasteiger partial charge in [-0.25, -0.2) is 0 Å². The molecule has 0 aliphatic carbocycles. The van der Waals surface area contributed by atoms with E-state index in [1.807, 2.05) is 0 Å². The molecule has 2 aliphatic heterocycles. The largest absolute Gasteiger partial charge is 0.314 e. The first kappa shape index (κ1) is 16.9. The molecule has 1 atom stereocenters. The molecule has 1 aromatic rings. The van der Waals surface area contributed by atoms with Crippen LogP contribution in [-0.2, 0) is 0 Å². The van der Waals surface area contributed by atoms with Gasteiger partial charge in [-0.3, -0.25) is 9.80 Å². The van der Waals surface area contributed by atoms with Gasteiger partial charge in [0.15, 0.2) is 0 Å². The molecule has 128 valence electrons. The zero-order chi connectivity index (χ0) is 16.1. The summed E-state index contributed by atoms with van der Waals surface area (Å²) in [5, 5.41) is 3.48. The predicted octanol–water partition coefficient (Wildman–Crippen LogP) is 3.13. The van der Waals surface area contributed by atoms with Gasteiger partial charge in [-0.15, -0.1) is 0 Å². The zero-order valence-corrected chi connectivity index (χ0v) is 15.0. The summed E-state index contributed by atoms with van der Waals surface area (Å²) in [6, 6.07) is 7.69. The van der Waals surface area contributed by atoms with E-state index in [0.717, 1.165) is 13.1 Å². The van der Waals surface area contributed by atoms with Crippen LogP contribution < -0.4 is 5.32 Å². The number of aryl methyl sites for hydroxylation is 2. The lowest BCUT2D eigenvalue weighted by atomic mass is 9.99. The maximum atomic E-state index is 3.48. The van der Waals surface area contributed by atoms with Gasteiger partial charge in [0.2, 0.25) is 0 Å². The molecule has 0 aromatic heterocycles. The van der Waals surface area contributed by atoms with Gasteiger partial charge >= 0.3 is 0 Å². The van der Waals surface area contributed by atoms with Crippen LogP contribution in [0.15, 0.2) is 18.2 Å². The van der Waals surface area contributed by atoms with Crippen LogP contribution in [0.1, 0.15) is 48.4 Å². The lowest BCUT2D eigenvalue weighted by molar-refractivity contribution is 0.132. The Labute approximate surface area is 142 Å². The molecule has 1 aromatic carbocycles. The van der Waals surface area contributed by atoms with E-state index >= 15 is 0 Å². The van der Waals surface area contributed by atoms with E-state index in [4.69, 9.17) is 0 Å². The van der Waals surface area contributed by atoms with E-state index in [1.165, 1.54) is 75.1 Å². The molecule has 0 saturated carbocycles. The molecule has 0 amide bonds. The first-order valence-corrected chi connectivity index (χ1v) is 9.48. The fraction of sp³-hybridized carbons (Fsp3) is 0.700. The van der Waals surface area contributed by atoms with Crippen LogP contribution in [0.2, 0.25) is 0 Å². The highest BCUT2D eigenvalue weighted by Gasteiger charge is 2.24. The molecule has 2 fully saturated rings. The van der Waals surface area contributed by atoms with Gasteiger partial charge in [0.1, 0.15) is 0 Å². The Hall–Kier alpha value is -0.900. The number of piperazine rings is 1. The number of nitrogens with one attached hydrogen (secondary N) is 1. The zero-order valence-electron chi connectivity index (χ0n) is 15.0. The molecule has 1 unspecified atom stereocenters. The van der Waals surface area contributed by atoms with Gasteiger partial charge in [0.05, 0.1) is 0 Å². The van der Waals surface area contributed by atoms with E-state index in [-0.39, 0.29) is 0 Å². The molecule has 3 heteroatoms. The minimum Gasteiger partial charge on any atom is -0.314 e. The Morgan fingerprint density at radius 1 is 0.913 bits per heavy atom. The van der Waals surface area contributed by atoms with Crippen molar-refractivity contribution in [2.75, 3.05) is 45.8 Å². The third kappa shape index (κ3) is 4.56. The standard InChI is InChI=1S/C20H33N3/c1-17-7-8-19(15-18(17)2)20(16-22-13-9-21-10-14-22)23-11-5-3-4-6-12-23/h7-8,15,20-21H,3-6,9-14,16H2,1-2H3. The Morgan fingerprint density at radius 3 is 2.26 bits per heavy atom. The maximum Gasteiger partial charge on any atom is 0.0475 e. The molecule has 2 aliphatic rings. The summed E-state index contributed by atoms with van der Waals surface area (Å²) in [5.41, 5.74) is 4.36. The minimum absolute atomic E-state index is 0.561. The molecular formula is C20H33N3. The van der Waals surface area contributed by atoms with E-state index in [2.05, 4.69) is 47.2 Å². The van der Waals surface area contributed by atoms with Crippen LogP contribution >= 0.6 is 0 Å². The summed E-state index contributed by atoms with van der Waals surface area (Å²) in [7, 11) is 0. The Bertz CT molecular complexity index is 486. The van der Waals surface area contributed by atoms with Gasteiger partial charge in [-0.1, -0.05) is 31.0 Å². The van der Waals surface area contributed by atoms with Crippen molar-refractivity contribution in [3.8, 4) is 0 Å². The fourth-order valence-electron chi connectivity index (χ4n) is 3.95. The third-order valence-corrected chi connectivity index (χ3v) is 5.64. The first-order chi connectivity index (χ1) is 11.2. The second-order valence-corrected chi connectivity index (χ2v) is 7.36. The Morgan fingerprint density at radius 2 is 1.61 bits per heavy atom. The minimum atomic E-state index is 0.561. The summed E-state index contributed by atoms with van der Waals surface area (Å²) < 4.78 is 0. The average molecular weight is 316 g/mol. The average Bonchev–Trinajstić information content (AvgIpc) is 2.85. The van der Waals surface area contributed by atoms with Gasteiger partial charge in [0.25, 0.3) is 0 Å². The van der Waals surface area contributed by atoms with Crippen molar-refractivity contribution in [3.05, 3.63) is 34.9 Å². The molecular weight excluding hydrogens is 282 g/mol. The molecule has 3 nitrogen and oxygen atoms in total. The van der Waals surface area contributed by atoms with Crippen molar-refractivity contribution >= 4 is 0 Å². The second kappa shape index (κ2) is 8.27. The topological polar surface area (TPSA) is 18.5 Å². The van der Waals surface area contributed by atoms with Crippen LogP contribution in [0.3, 0.4) is 0 Å². The molecule has 0 radical (unpaired) electrons. The monoisotopic (exact) mass is 315 g/mol. The van der Waals surface area contributed by atoms with Crippen LogP contribution in [0.25, 0.3) is 0 Å². The SMILES string of the molecule is Cc1ccc(C(CN2CCNCC2)N2CCCCCC2)cc1C.